The third-order valence-corrected chi connectivity index (χ3v) is 4.78. The standard InChI is InChI=1S/C21H22N4O3/c26-21(24-27)8-5-15-1-3-16(4-2-15)13-20-22-18-7-6-17(14-19(18)23-20)25-9-11-28-12-10-25/h1-8,14,27H,9-13H2,(H,22,23)(H,24,26)/b8-5+. The molecule has 3 aromatic rings. The summed E-state index contributed by atoms with van der Waals surface area (Å²) < 4.78 is 5.42. The summed E-state index contributed by atoms with van der Waals surface area (Å²) in [6.45, 7) is 3.35. The molecule has 1 fully saturated rings. The first-order valence-electron chi connectivity index (χ1n) is 9.24. The van der Waals surface area contributed by atoms with Crippen LogP contribution in [0, 0.1) is 0 Å². The molecule has 144 valence electrons. The second kappa shape index (κ2) is 8.24. The summed E-state index contributed by atoms with van der Waals surface area (Å²) in [6.07, 6.45) is 3.62. The number of H-pyrrole nitrogens is 1. The van der Waals surface area contributed by atoms with Gasteiger partial charge >= 0.3 is 0 Å². The maximum absolute atomic E-state index is 11.0. The number of hydrogen-bond donors (Lipinski definition) is 3. The van der Waals surface area contributed by atoms with Crippen molar-refractivity contribution in [1.82, 2.24) is 15.4 Å². The van der Waals surface area contributed by atoms with Crippen molar-refractivity contribution in [3.05, 3.63) is 65.5 Å². The Hall–Kier alpha value is -3.16. The number of morpholine rings is 1. The number of fused-ring (bicyclic) bond motifs is 1. The number of carbonyl (C=O) groups is 1. The molecule has 0 bridgehead atoms. The van der Waals surface area contributed by atoms with E-state index < -0.39 is 5.91 Å². The third kappa shape index (κ3) is 4.21. The Morgan fingerprint density at radius 2 is 2.00 bits per heavy atom. The smallest absolute Gasteiger partial charge is 0.267 e. The molecule has 0 spiro atoms. The number of imidazole rings is 1. The monoisotopic (exact) mass is 378 g/mol. The van der Waals surface area contributed by atoms with E-state index in [4.69, 9.17) is 14.9 Å². The first-order chi connectivity index (χ1) is 13.7. The number of aromatic nitrogens is 2. The highest BCUT2D eigenvalue weighted by atomic mass is 16.5. The highest BCUT2D eigenvalue weighted by Gasteiger charge is 2.12. The summed E-state index contributed by atoms with van der Waals surface area (Å²) in [6, 6.07) is 14.2. The number of carbonyl (C=O) groups excluding carboxylic acids is 1. The first kappa shape index (κ1) is 18.2. The summed E-state index contributed by atoms with van der Waals surface area (Å²) in [7, 11) is 0. The van der Waals surface area contributed by atoms with Crippen LogP contribution in [0.5, 0.6) is 0 Å². The minimum absolute atomic E-state index is 0.553. The predicted octanol–water partition coefficient (Wildman–Crippen LogP) is 2.51. The predicted molar refractivity (Wildman–Crippen MR) is 107 cm³/mol. The van der Waals surface area contributed by atoms with Crippen molar-refractivity contribution in [2.24, 2.45) is 0 Å². The minimum Gasteiger partial charge on any atom is -0.378 e. The molecular formula is C21H22N4O3. The van der Waals surface area contributed by atoms with E-state index in [1.807, 2.05) is 24.3 Å². The van der Waals surface area contributed by atoms with Crippen molar-refractivity contribution in [2.45, 2.75) is 6.42 Å². The Morgan fingerprint density at radius 3 is 2.75 bits per heavy atom. The Balaban J connectivity index is 1.47. The lowest BCUT2D eigenvalue weighted by atomic mass is 10.1. The molecule has 7 heteroatoms. The number of hydrogen-bond acceptors (Lipinski definition) is 5. The van der Waals surface area contributed by atoms with Gasteiger partial charge in [-0.15, -0.1) is 0 Å². The van der Waals surface area contributed by atoms with E-state index in [9.17, 15) is 4.79 Å². The van der Waals surface area contributed by atoms with Gasteiger partial charge in [-0.2, -0.15) is 0 Å². The average molecular weight is 378 g/mol. The fourth-order valence-corrected chi connectivity index (χ4v) is 3.30. The molecule has 0 unspecified atom stereocenters. The van der Waals surface area contributed by atoms with Crippen LogP contribution in [0.4, 0.5) is 5.69 Å². The number of rotatable bonds is 5. The second-order valence-electron chi connectivity index (χ2n) is 6.71. The molecule has 0 radical (unpaired) electrons. The Kier molecular flexibility index (Phi) is 5.36. The Bertz CT molecular complexity index is 989. The molecule has 2 aromatic carbocycles. The molecular weight excluding hydrogens is 356 g/mol. The quantitative estimate of drug-likeness (QED) is 0.361. The zero-order chi connectivity index (χ0) is 19.3. The lowest BCUT2D eigenvalue weighted by Gasteiger charge is -2.28. The number of amides is 1. The fourth-order valence-electron chi connectivity index (χ4n) is 3.30. The van der Waals surface area contributed by atoms with Crippen molar-refractivity contribution in [3.63, 3.8) is 0 Å². The van der Waals surface area contributed by atoms with Gasteiger partial charge in [0, 0.05) is 31.3 Å². The minimum atomic E-state index is -0.553. The van der Waals surface area contributed by atoms with Gasteiger partial charge in [-0.05, 0) is 35.4 Å². The lowest BCUT2D eigenvalue weighted by Crippen LogP contribution is -2.36. The van der Waals surface area contributed by atoms with E-state index in [2.05, 4.69) is 28.1 Å². The maximum atomic E-state index is 11.0. The summed E-state index contributed by atoms with van der Waals surface area (Å²) in [4.78, 5) is 21.5. The van der Waals surface area contributed by atoms with Crippen LogP contribution >= 0.6 is 0 Å². The number of aromatic amines is 1. The van der Waals surface area contributed by atoms with E-state index in [1.165, 1.54) is 11.8 Å². The number of nitrogens with one attached hydrogen (secondary N) is 2. The molecule has 7 nitrogen and oxygen atoms in total. The number of nitrogens with zero attached hydrogens (tertiary/aromatic N) is 2. The van der Waals surface area contributed by atoms with Crippen LogP contribution in [-0.2, 0) is 16.0 Å². The summed E-state index contributed by atoms with van der Waals surface area (Å²) in [5.74, 6) is 0.361. The summed E-state index contributed by atoms with van der Waals surface area (Å²) in [5, 5.41) is 8.50. The molecule has 28 heavy (non-hydrogen) atoms. The van der Waals surface area contributed by atoms with Gasteiger partial charge in [0.15, 0.2) is 0 Å². The number of benzene rings is 2. The molecule has 1 amide bonds. The van der Waals surface area contributed by atoms with Gasteiger partial charge in [-0.3, -0.25) is 10.0 Å². The van der Waals surface area contributed by atoms with Crippen LogP contribution in [0.3, 0.4) is 0 Å². The molecule has 1 aromatic heterocycles. The topological polar surface area (TPSA) is 90.5 Å². The molecule has 0 saturated carbocycles. The van der Waals surface area contributed by atoms with Crippen molar-refractivity contribution in [1.29, 1.82) is 0 Å². The van der Waals surface area contributed by atoms with Gasteiger partial charge < -0.3 is 14.6 Å². The fraction of sp³-hybridized carbons (Fsp3) is 0.238. The van der Waals surface area contributed by atoms with Gasteiger partial charge in [0.1, 0.15) is 5.82 Å². The lowest BCUT2D eigenvalue weighted by molar-refractivity contribution is -0.124. The molecule has 3 N–H and O–H groups in total. The SMILES string of the molecule is O=C(/C=C/c1ccc(Cc2nc3ccc(N4CCOCC4)cc3[nH]2)cc1)NO. The van der Waals surface area contributed by atoms with Gasteiger partial charge in [-0.25, -0.2) is 10.5 Å². The van der Waals surface area contributed by atoms with Crippen LogP contribution in [0.2, 0.25) is 0 Å². The summed E-state index contributed by atoms with van der Waals surface area (Å²) >= 11 is 0. The van der Waals surface area contributed by atoms with Crippen molar-refractivity contribution >= 4 is 28.7 Å². The number of anilines is 1. The largest absolute Gasteiger partial charge is 0.378 e. The van der Waals surface area contributed by atoms with Crippen LogP contribution in [0.15, 0.2) is 48.5 Å². The number of hydroxylamine groups is 1. The van der Waals surface area contributed by atoms with Crippen LogP contribution < -0.4 is 10.4 Å². The van der Waals surface area contributed by atoms with Gasteiger partial charge in [0.2, 0.25) is 0 Å². The molecule has 4 rings (SSSR count). The van der Waals surface area contributed by atoms with Gasteiger partial charge in [-0.1, -0.05) is 24.3 Å². The van der Waals surface area contributed by atoms with Crippen molar-refractivity contribution < 1.29 is 14.7 Å². The zero-order valence-electron chi connectivity index (χ0n) is 15.4. The molecule has 1 aliphatic heterocycles. The second-order valence-corrected chi connectivity index (χ2v) is 6.71. The van der Waals surface area contributed by atoms with E-state index in [-0.39, 0.29) is 0 Å². The Labute approximate surface area is 162 Å². The van der Waals surface area contributed by atoms with Crippen LogP contribution in [-0.4, -0.2) is 47.4 Å². The van der Waals surface area contributed by atoms with E-state index in [1.54, 1.807) is 11.6 Å². The summed E-state index contributed by atoms with van der Waals surface area (Å²) in [5.41, 5.74) is 6.76. The zero-order valence-corrected chi connectivity index (χ0v) is 15.4. The normalized spacial score (nSPS) is 14.7. The van der Waals surface area contributed by atoms with Crippen molar-refractivity contribution in [2.75, 3.05) is 31.2 Å². The van der Waals surface area contributed by atoms with Gasteiger partial charge in [0.25, 0.3) is 5.91 Å². The molecule has 0 aliphatic carbocycles. The van der Waals surface area contributed by atoms with E-state index in [0.29, 0.717) is 6.42 Å². The highest BCUT2D eigenvalue weighted by molar-refractivity contribution is 5.90. The van der Waals surface area contributed by atoms with Crippen LogP contribution in [0.1, 0.15) is 17.0 Å². The van der Waals surface area contributed by atoms with Crippen LogP contribution in [0.25, 0.3) is 17.1 Å². The molecule has 0 atom stereocenters. The third-order valence-electron chi connectivity index (χ3n) is 4.78. The molecule has 1 aliphatic rings. The van der Waals surface area contributed by atoms with Crippen molar-refractivity contribution in [3.8, 4) is 0 Å². The molecule has 1 saturated heterocycles. The highest BCUT2D eigenvalue weighted by Crippen LogP contribution is 2.22. The first-order valence-corrected chi connectivity index (χ1v) is 9.24. The molecule has 2 heterocycles. The number of ether oxygens (including phenoxy) is 1. The Morgan fingerprint density at radius 1 is 1.21 bits per heavy atom. The van der Waals surface area contributed by atoms with E-state index in [0.717, 1.165) is 54.3 Å². The maximum Gasteiger partial charge on any atom is 0.267 e. The van der Waals surface area contributed by atoms with Gasteiger partial charge in [0.05, 0.1) is 24.2 Å². The average Bonchev–Trinajstić information content (AvgIpc) is 3.15. The van der Waals surface area contributed by atoms with E-state index >= 15 is 0 Å².